The second kappa shape index (κ2) is 62.2. The number of likely N-dealkylation sites (N-methyl/N-ethyl adjacent to an activating group) is 1. The fourth-order valence-corrected chi connectivity index (χ4v) is 17.8. The van der Waals surface area contributed by atoms with Crippen LogP contribution >= 0.6 is 21.6 Å². The van der Waals surface area contributed by atoms with Gasteiger partial charge in [0, 0.05) is 74.3 Å². The molecule has 4 rings (SSSR count). The van der Waals surface area contributed by atoms with E-state index in [4.69, 9.17) is 54.1 Å². The van der Waals surface area contributed by atoms with Gasteiger partial charge in [0.1, 0.15) is 60.2 Å². The summed E-state index contributed by atoms with van der Waals surface area (Å²) in [4.78, 5) is 212. The molecule has 4 aliphatic heterocycles. The summed E-state index contributed by atoms with van der Waals surface area (Å²) in [6.45, 7) is 25.7. The lowest BCUT2D eigenvalue weighted by atomic mass is 9.87. The molecule has 738 valence electrons. The number of carbonyl (C=O) groups is 14. The molecule has 42 heteroatoms. The standard InChI is InChI=1S/C87H153N15O25S2/c1-14-56(4)72(96-71(108)52-90-13)80(113)95-64-55-128-129-87(11,12)75(82(115)98-74(58(6)16-3)85(118)101-29-18-22-65(101)78(111)92-27-32-120-34-36-122-38-40-124-42-44-126-46-48-127-47-45-125-43-41-123-39-37-121-35-33-119-31-25-70(89)107)99-81(114)73(57(5)15-2)97-79(112)66-23-19-28-100(66)84(117)67-24-20-30-102(67)83(116)62(51-86(8,9)10)93-77(110)63(54-104)94-76(109)60(21-17-26-91-59(7)88)49-68(105)61(53-103)50-69(64)106/h56-58,60-67,72-75,90,103-104H,14-55H2,1-13H3,(H2,88,91)(H2,89,107)(H,92,111)(H,93,110)(H,94,109)(H,95,113)(H,96,108)(H,97,112)(H,98,115)(H,99,114)/t56-,57-,58-,60+,61-,62-,63-,64-,65-,66-,67-,72-,73-,74-,75+/m0/s1. The molecule has 0 unspecified atom stereocenters. The average molecular weight is 1870 g/mol. The zero-order chi connectivity index (χ0) is 95.6. The predicted octanol–water partition coefficient (Wildman–Crippen LogP) is -0.246. The van der Waals surface area contributed by atoms with Crippen LogP contribution in [0.4, 0.5) is 0 Å². The molecule has 4 heterocycles. The van der Waals surface area contributed by atoms with Crippen molar-refractivity contribution in [1.29, 1.82) is 0 Å². The maximum atomic E-state index is 15.8. The maximum absolute atomic E-state index is 15.8. The molecule has 15 atom stereocenters. The third kappa shape index (κ3) is 41.8. The van der Waals surface area contributed by atoms with Gasteiger partial charge in [-0.1, -0.05) is 103 Å². The van der Waals surface area contributed by atoms with Crippen molar-refractivity contribution in [2.24, 2.45) is 51.5 Å². The molecule has 4 aliphatic rings. The van der Waals surface area contributed by atoms with E-state index >= 15 is 33.6 Å². The minimum Gasteiger partial charge on any atom is -0.396 e. The van der Waals surface area contributed by atoms with Crippen molar-refractivity contribution in [3.8, 4) is 0 Å². The summed E-state index contributed by atoms with van der Waals surface area (Å²) in [5, 5.41) is 47.2. The Morgan fingerprint density at radius 3 is 1.60 bits per heavy atom. The number of carbonyl (C=O) groups excluding carboxylic acids is 14. The van der Waals surface area contributed by atoms with E-state index < -0.39 is 209 Å². The van der Waals surface area contributed by atoms with Crippen molar-refractivity contribution in [2.45, 2.75) is 245 Å². The minimum atomic E-state index is -1.69. The Kier molecular flexibility index (Phi) is 55.0. The number of aliphatic hydroxyl groups excluding tert-OH is 2. The molecule has 0 aliphatic carbocycles. The number of ketones is 2. The maximum Gasteiger partial charge on any atom is 0.246 e. The van der Waals surface area contributed by atoms with Gasteiger partial charge in [-0.3, -0.25) is 72.1 Å². The minimum absolute atomic E-state index is 0.0210. The SMILES string of the molecule is CC[C@H](C)[C@H](NC(=O)CNC)C(=O)N[C@H]1CSSC(C)(C)[C@@H](C(=O)N[C@H](C(=O)N2CCC[C@H]2C(=O)NCCOCCOCCOCCOCCOCCOCCOCCOCCOCCC(N)=O)[C@@H](C)CC)NC(=O)[C@H]([C@@H](C)CC)NC(=O)[C@@H]2CCCN2C(=O)[C@@H]2CCCN2C(=O)[C@H](CC(C)(C)C)NC(=O)[C@H](CO)NC(=O)[C@H](CCCN=C(C)N)CC(=O)[C@H](CO)CC1=O. The van der Waals surface area contributed by atoms with Gasteiger partial charge < -0.3 is 127 Å². The Bertz CT molecular complexity index is 3510. The molecule has 4 saturated heterocycles. The van der Waals surface area contributed by atoms with Gasteiger partial charge in [0.25, 0.3) is 0 Å². The molecule has 40 nitrogen and oxygen atoms in total. The first-order valence-electron chi connectivity index (χ1n) is 45.8. The summed E-state index contributed by atoms with van der Waals surface area (Å²) in [5.74, 6) is -14.2. The number of amidine groups is 1. The number of hydrogen-bond acceptors (Lipinski definition) is 29. The Morgan fingerprint density at radius 1 is 0.581 bits per heavy atom. The fraction of sp³-hybridized carbons (Fsp3) is 0.828. The fourth-order valence-electron chi connectivity index (χ4n) is 14.9. The molecule has 12 amide bonds. The number of fused-ring (bicyclic) bond motifs is 2. The summed E-state index contributed by atoms with van der Waals surface area (Å²) < 4.78 is 48.2. The highest BCUT2D eigenvalue weighted by Gasteiger charge is 2.49. The zero-order valence-electron chi connectivity index (χ0n) is 78.4. The smallest absolute Gasteiger partial charge is 0.246 e. The summed E-state index contributed by atoms with van der Waals surface area (Å²) in [6, 6.07) is -13.1. The number of primary amides is 1. The van der Waals surface area contributed by atoms with Crippen molar-refractivity contribution in [1.82, 2.24) is 62.6 Å². The Balaban J connectivity index is 1.59. The largest absolute Gasteiger partial charge is 0.396 e. The average Bonchev–Trinajstić information content (AvgIpc) is 1.70. The molecular formula is C87H153N15O25S2. The van der Waals surface area contributed by atoms with E-state index in [0.717, 1.165) is 21.6 Å². The van der Waals surface area contributed by atoms with Gasteiger partial charge in [0.05, 0.1) is 151 Å². The van der Waals surface area contributed by atoms with Crippen LogP contribution in [0, 0.1) is 35.0 Å². The molecule has 0 radical (unpaired) electrons. The van der Waals surface area contributed by atoms with E-state index in [9.17, 15) is 43.8 Å². The van der Waals surface area contributed by atoms with Gasteiger partial charge >= 0.3 is 0 Å². The summed E-state index contributed by atoms with van der Waals surface area (Å²) >= 11 is 0. The second-order valence-electron chi connectivity index (χ2n) is 34.9. The monoisotopic (exact) mass is 1870 g/mol. The third-order valence-electron chi connectivity index (χ3n) is 22.9. The van der Waals surface area contributed by atoms with Crippen LogP contribution < -0.4 is 59.3 Å². The van der Waals surface area contributed by atoms with Crippen molar-refractivity contribution >= 4 is 110 Å². The molecule has 0 aromatic carbocycles. The number of likely N-dealkylation sites (tertiary alicyclic amines) is 1. The van der Waals surface area contributed by atoms with Crippen LogP contribution in [-0.4, -0.2) is 363 Å². The number of aliphatic hydroxyl groups is 2. The van der Waals surface area contributed by atoms with E-state index in [0.29, 0.717) is 137 Å². The quantitative estimate of drug-likeness (QED) is 0.0162. The molecule has 0 saturated carbocycles. The van der Waals surface area contributed by atoms with Crippen LogP contribution in [0.25, 0.3) is 0 Å². The van der Waals surface area contributed by atoms with Crippen LogP contribution in [0.1, 0.15) is 179 Å². The number of nitrogens with zero attached hydrogens (tertiary/aromatic N) is 4. The summed E-state index contributed by atoms with van der Waals surface area (Å²) in [5.41, 5.74) is 10.3. The highest BCUT2D eigenvalue weighted by molar-refractivity contribution is 8.77. The Labute approximate surface area is 768 Å². The first kappa shape index (κ1) is 114. The van der Waals surface area contributed by atoms with Crippen molar-refractivity contribution < 1.29 is 120 Å². The van der Waals surface area contributed by atoms with Gasteiger partial charge in [-0.25, -0.2) is 0 Å². The van der Waals surface area contributed by atoms with Gasteiger partial charge in [-0.15, -0.1) is 0 Å². The molecular weight excluding hydrogens is 1720 g/mol. The van der Waals surface area contributed by atoms with Crippen molar-refractivity contribution in [3.63, 3.8) is 0 Å². The van der Waals surface area contributed by atoms with Gasteiger partial charge in [-0.05, 0) is 109 Å². The molecule has 15 N–H and O–H groups in total. The van der Waals surface area contributed by atoms with Crippen molar-refractivity contribution in [3.05, 3.63) is 0 Å². The molecule has 0 aromatic rings. The first-order valence-corrected chi connectivity index (χ1v) is 48.1. The number of aliphatic imine (C=N–C) groups is 1. The molecule has 0 bridgehead atoms. The van der Waals surface area contributed by atoms with Gasteiger partial charge in [0.15, 0.2) is 5.78 Å². The number of nitrogens with two attached hydrogens (primary N) is 2. The van der Waals surface area contributed by atoms with E-state index in [1.165, 1.54) is 14.7 Å². The first-order chi connectivity index (χ1) is 61.5. The highest BCUT2D eigenvalue weighted by atomic mass is 33.1. The molecule has 0 aromatic heterocycles. The Morgan fingerprint density at radius 2 is 1.09 bits per heavy atom. The van der Waals surface area contributed by atoms with E-state index in [-0.39, 0.29) is 116 Å². The number of Topliss-reactive ketones (excluding diaryl/α,β-unsaturated/α-hetero) is 2. The Hall–Kier alpha value is -7.33. The van der Waals surface area contributed by atoms with E-state index in [1.54, 1.807) is 62.4 Å². The number of hydrogen-bond donors (Lipinski definition) is 13. The molecule has 129 heavy (non-hydrogen) atoms. The van der Waals surface area contributed by atoms with Crippen LogP contribution in [0.5, 0.6) is 0 Å². The van der Waals surface area contributed by atoms with Gasteiger partial charge in [-0.2, -0.15) is 0 Å². The van der Waals surface area contributed by atoms with Crippen molar-refractivity contribution in [2.75, 3.05) is 184 Å². The zero-order valence-corrected chi connectivity index (χ0v) is 80.0. The topological polar surface area (TPSA) is 545 Å². The highest BCUT2D eigenvalue weighted by Crippen LogP contribution is 2.40. The van der Waals surface area contributed by atoms with Crippen LogP contribution in [0.3, 0.4) is 0 Å². The molecule has 0 spiro atoms. The summed E-state index contributed by atoms with van der Waals surface area (Å²) in [7, 11) is 3.53. The lowest BCUT2D eigenvalue weighted by Crippen LogP contribution is -2.64. The number of amides is 12. The number of rotatable bonds is 52. The normalized spacial score (nSPS) is 23.6. The van der Waals surface area contributed by atoms with E-state index in [2.05, 4.69) is 52.8 Å². The summed E-state index contributed by atoms with van der Waals surface area (Å²) in [6.07, 6.45) is 1.94. The number of ether oxygens (including phenoxy) is 9. The number of nitrogens with one attached hydrogen (secondary N) is 9. The third-order valence-corrected chi connectivity index (χ3v) is 26.3. The van der Waals surface area contributed by atoms with Gasteiger partial charge in [0.2, 0.25) is 70.9 Å². The van der Waals surface area contributed by atoms with E-state index in [1.807, 2.05) is 27.7 Å². The van der Waals surface area contributed by atoms with Crippen LogP contribution in [-0.2, 0) is 110 Å². The van der Waals surface area contributed by atoms with Crippen LogP contribution in [0.15, 0.2) is 4.99 Å². The lowest BCUT2D eigenvalue weighted by Gasteiger charge is -2.37. The predicted molar refractivity (Wildman–Crippen MR) is 484 cm³/mol. The van der Waals surface area contributed by atoms with Crippen LogP contribution in [0.2, 0.25) is 0 Å². The molecule has 4 fully saturated rings. The second-order valence-corrected chi connectivity index (χ2v) is 37.9. The lowest BCUT2D eigenvalue weighted by molar-refractivity contribution is -0.148.